The van der Waals surface area contributed by atoms with Gasteiger partial charge in [0.25, 0.3) is 0 Å². The molecular formula is C18H18O2. The monoisotopic (exact) mass is 266 g/mol. The van der Waals surface area contributed by atoms with Crippen LogP contribution < -0.4 is 0 Å². The van der Waals surface area contributed by atoms with E-state index in [1.165, 1.54) is 6.42 Å². The van der Waals surface area contributed by atoms with Crippen molar-refractivity contribution in [1.82, 2.24) is 0 Å². The smallest absolute Gasteiger partial charge is 0.180 e. The molecule has 0 radical (unpaired) electrons. The Balaban J connectivity index is 1.68. The first-order valence-corrected chi connectivity index (χ1v) is 8.10. The van der Waals surface area contributed by atoms with Crippen molar-refractivity contribution in [2.24, 2.45) is 46.3 Å². The Labute approximate surface area is 118 Å². The minimum Gasteiger partial charge on any atom is -0.364 e. The third-order valence-electron chi connectivity index (χ3n) is 8.80. The highest BCUT2D eigenvalue weighted by molar-refractivity contribution is 5.58. The van der Waals surface area contributed by atoms with Crippen LogP contribution in [0.1, 0.15) is 12.8 Å². The van der Waals surface area contributed by atoms with E-state index in [0.29, 0.717) is 17.8 Å². The number of rotatable bonds is 2. The van der Waals surface area contributed by atoms with Crippen LogP contribution in [0.4, 0.5) is 0 Å². The van der Waals surface area contributed by atoms with Crippen molar-refractivity contribution in [2.75, 3.05) is 0 Å². The minimum atomic E-state index is -0.876. The molecule has 6 aliphatic carbocycles. The highest BCUT2D eigenvalue weighted by Crippen LogP contribution is 3.02. The molecule has 2 saturated heterocycles. The Kier molecular flexibility index (Phi) is 1.10. The first-order valence-electron chi connectivity index (χ1n) is 8.10. The highest BCUT2D eigenvalue weighted by Gasteiger charge is 3.06. The Hall–Kier alpha value is -0.860. The Morgan fingerprint density at radius 1 is 1.10 bits per heavy atom. The molecule has 4 bridgehead atoms. The maximum atomic E-state index is 11.6. The van der Waals surface area contributed by atoms with Gasteiger partial charge in [0, 0.05) is 17.3 Å². The summed E-state index contributed by atoms with van der Waals surface area (Å²) in [7, 11) is 0. The van der Waals surface area contributed by atoms with Gasteiger partial charge in [-0.25, -0.2) is 0 Å². The van der Waals surface area contributed by atoms with Crippen LogP contribution in [0.25, 0.3) is 0 Å². The molecule has 0 aromatic rings. The molecular weight excluding hydrogens is 248 g/mol. The number of hydrogen-bond donors (Lipinski definition) is 1. The molecule has 20 heavy (non-hydrogen) atoms. The van der Waals surface area contributed by atoms with Crippen LogP contribution in [0.15, 0.2) is 37.0 Å². The summed E-state index contributed by atoms with van der Waals surface area (Å²) < 4.78 is 6.59. The molecule has 8 aliphatic rings. The second-order valence-corrected chi connectivity index (χ2v) is 8.30. The van der Waals surface area contributed by atoms with Gasteiger partial charge in [-0.2, -0.15) is 0 Å². The van der Waals surface area contributed by atoms with Gasteiger partial charge in [-0.05, 0) is 36.5 Å². The van der Waals surface area contributed by atoms with Gasteiger partial charge in [0.15, 0.2) is 5.79 Å². The number of ether oxygens (including phenoxy) is 1. The first kappa shape index (κ1) is 9.97. The van der Waals surface area contributed by atoms with E-state index in [4.69, 9.17) is 4.74 Å². The zero-order valence-electron chi connectivity index (χ0n) is 11.3. The van der Waals surface area contributed by atoms with Crippen LogP contribution in [0.5, 0.6) is 0 Å². The molecule has 2 heterocycles. The van der Waals surface area contributed by atoms with Crippen LogP contribution in [-0.4, -0.2) is 16.5 Å². The standard InChI is InChI=1S/C18H18O2/c1-2-5-17-13-9-8-10-12-11(9)15(17)6-3-4-7-16(12,15)18(19,20-17)14(10)13/h2-4,6-7,9-14,19H,1,5,8H2. The zero-order chi connectivity index (χ0) is 13.1. The molecule has 7 fully saturated rings. The predicted molar refractivity (Wildman–Crippen MR) is 72.3 cm³/mol. The van der Waals surface area contributed by atoms with Crippen molar-refractivity contribution in [2.45, 2.75) is 24.2 Å². The number of allylic oxidation sites excluding steroid dienone is 2. The molecule has 2 nitrogen and oxygen atoms in total. The largest absolute Gasteiger partial charge is 0.364 e. The quantitative estimate of drug-likeness (QED) is 0.777. The Morgan fingerprint density at radius 3 is 2.60 bits per heavy atom. The van der Waals surface area contributed by atoms with Crippen molar-refractivity contribution >= 4 is 0 Å². The molecule has 0 amide bonds. The van der Waals surface area contributed by atoms with Gasteiger partial charge in [-0.1, -0.05) is 30.4 Å². The van der Waals surface area contributed by atoms with E-state index in [1.807, 2.05) is 6.08 Å². The van der Waals surface area contributed by atoms with E-state index < -0.39 is 5.79 Å². The Bertz CT molecular complexity index is 679. The summed E-state index contributed by atoms with van der Waals surface area (Å²) in [4.78, 5) is 0. The van der Waals surface area contributed by atoms with E-state index in [1.54, 1.807) is 0 Å². The van der Waals surface area contributed by atoms with Gasteiger partial charge in [0.2, 0.25) is 0 Å². The molecule has 2 aliphatic heterocycles. The summed E-state index contributed by atoms with van der Waals surface area (Å²) in [5.74, 6) is 3.10. The fourth-order valence-electron chi connectivity index (χ4n) is 9.32. The average molecular weight is 266 g/mol. The topological polar surface area (TPSA) is 29.5 Å². The van der Waals surface area contributed by atoms with E-state index in [2.05, 4.69) is 30.9 Å². The summed E-state index contributed by atoms with van der Waals surface area (Å²) in [6, 6.07) is 0. The molecule has 10 atom stereocenters. The van der Waals surface area contributed by atoms with Crippen LogP contribution in [0.2, 0.25) is 0 Å². The third kappa shape index (κ3) is 0.473. The molecule has 102 valence electrons. The summed E-state index contributed by atoms with van der Waals surface area (Å²) in [5.41, 5.74) is -0.161. The molecule has 10 unspecified atom stereocenters. The maximum Gasteiger partial charge on any atom is 0.180 e. The van der Waals surface area contributed by atoms with E-state index in [-0.39, 0.29) is 16.4 Å². The summed E-state index contributed by atoms with van der Waals surface area (Å²) in [5, 5.41) is 11.6. The zero-order valence-corrected chi connectivity index (χ0v) is 11.3. The lowest BCUT2D eigenvalue weighted by atomic mass is 9.36. The molecule has 2 spiro atoms. The summed E-state index contributed by atoms with van der Waals surface area (Å²) in [6.45, 7) is 4.00. The van der Waals surface area contributed by atoms with Gasteiger partial charge in [-0.15, -0.1) is 6.58 Å². The lowest BCUT2D eigenvalue weighted by molar-refractivity contribution is -0.238. The number of aliphatic hydroxyl groups is 1. The normalized spacial score (nSPS) is 77.7. The van der Waals surface area contributed by atoms with Crippen molar-refractivity contribution in [3.63, 3.8) is 0 Å². The summed E-state index contributed by atoms with van der Waals surface area (Å²) in [6.07, 6.45) is 13.4. The molecule has 2 heteroatoms. The van der Waals surface area contributed by atoms with Gasteiger partial charge in [0.05, 0.1) is 11.0 Å². The van der Waals surface area contributed by atoms with Crippen LogP contribution in [0.3, 0.4) is 0 Å². The average Bonchev–Trinajstić information content (AvgIpc) is 3.06. The lowest BCUT2D eigenvalue weighted by Crippen LogP contribution is -2.69. The fraction of sp³-hybridized carbons (Fsp3) is 0.667. The highest BCUT2D eigenvalue weighted by atomic mass is 16.7. The third-order valence-corrected chi connectivity index (χ3v) is 8.80. The van der Waals surface area contributed by atoms with E-state index in [9.17, 15) is 5.11 Å². The summed E-state index contributed by atoms with van der Waals surface area (Å²) >= 11 is 0. The van der Waals surface area contributed by atoms with Gasteiger partial charge >= 0.3 is 0 Å². The fourth-order valence-corrected chi connectivity index (χ4v) is 9.32. The van der Waals surface area contributed by atoms with Crippen LogP contribution in [0, 0.1) is 46.3 Å². The molecule has 1 N–H and O–H groups in total. The van der Waals surface area contributed by atoms with Crippen molar-refractivity contribution in [3.8, 4) is 0 Å². The van der Waals surface area contributed by atoms with E-state index >= 15 is 0 Å². The first-order chi connectivity index (χ1) is 9.70. The van der Waals surface area contributed by atoms with Crippen molar-refractivity contribution in [1.29, 1.82) is 0 Å². The second-order valence-electron chi connectivity index (χ2n) is 8.30. The second kappa shape index (κ2) is 2.21. The van der Waals surface area contributed by atoms with Gasteiger partial charge in [0.1, 0.15) is 0 Å². The SMILES string of the molecule is C=CCC12OC3(O)C4C5CC(C41)C1C5C34C=CC=CC124. The Morgan fingerprint density at radius 2 is 1.80 bits per heavy atom. The molecule has 0 aromatic carbocycles. The van der Waals surface area contributed by atoms with Gasteiger partial charge < -0.3 is 9.84 Å². The number of hydrogen-bond acceptors (Lipinski definition) is 2. The van der Waals surface area contributed by atoms with Crippen LogP contribution in [-0.2, 0) is 4.74 Å². The maximum absolute atomic E-state index is 11.6. The minimum absolute atomic E-state index is 0.0828. The van der Waals surface area contributed by atoms with Crippen molar-refractivity contribution < 1.29 is 9.84 Å². The molecule has 5 saturated carbocycles. The van der Waals surface area contributed by atoms with Gasteiger partial charge in [-0.3, -0.25) is 0 Å². The molecule has 8 rings (SSSR count). The van der Waals surface area contributed by atoms with Crippen molar-refractivity contribution in [3.05, 3.63) is 37.0 Å². The van der Waals surface area contributed by atoms with E-state index in [0.717, 1.165) is 24.2 Å². The van der Waals surface area contributed by atoms with Crippen LogP contribution >= 0.6 is 0 Å². The molecule has 0 aromatic heterocycles. The predicted octanol–water partition coefficient (Wildman–Crippen LogP) is 2.27. The lowest BCUT2D eigenvalue weighted by Gasteiger charge is -2.65.